The third kappa shape index (κ3) is 1.92. The summed E-state index contributed by atoms with van der Waals surface area (Å²) >= 11 is 0. The van der Waals surface area contributed by atoms with E-state index < -0.39 is 0 Å². The lowest BCUT2D eigenvalue weighted by molar-refractivity contribution is -0.0754. The smallest absolute Gasteiger partial charge is 0.0193 e. The fourth-order valence-electron chi connectivity index (χ4n) is 6.03. The van der Waals surface area contributed by atoms with Crippen molar-refractivity contribution in [3.05, 3.63) is 0 Å². The average molecular weight is 248 g/mol. The van der Waals surface area contributed by atoms with Crippen molar-refractivity contribution in [2.24, 2.45) is 23.2 Å². The monoisotopic (exact) mass is 248 g/mol. The van der Waals surface area contributed by atoms with Crippen LogP contribution in [0.1, 0.15) is 45.4 Å². The van der Waals surface area contributed by atoms with Gasteiger partial charge >= 0.3 is 0 Å². The summed E-state index contributed by atoms with van der Waals surface area (Å²) in [6, 6.07) is 0.756. The predicted octanol–water partition coefficient (Wildman–Crippen LogP) is 2.50. The highest BCUT2D eigenvalue weighted by atomic mass is 15.2. The first-order chi connectivity index (χ1) is 8.72. The zero-order valence-electron chi connectivity index (χ0n) is 11.8. The van der Waals surface area contributed by atoms with Gasteiger partial charge < -0.3 is 5.32 Å². The van der Waals surface area contributed by atoms with Gasteiger partial charge in [-0.3, -0.25) is 4.90 Å². The fourth-order valence-corrected chi connectivity index (χ4v) is 6.03. The van der Waals surface area contributed by atoms with Crippen LogP contribution in [0.25, 0.3) is 0 Å². The maximum Gasteiger partial charge on any atom is 0.0193 e. The molecule has 5 rings (SSSR count). The normalized spacial score (nSPS) is 51.8. The van der Waals surface area contributed by atoms with Crippen LogP contribution >= 0.6 is 0 Å². The van der Waals surface area contributed by atoms with Gasteiger partial charge in [-0.15, -0.1) is 0 Å². The molecule has 1 heterocycles. The summed E-state index contributed by atoms with van der Waals surface area (Å²) in [5.41, 5.74) is 0.736. The van der Waals surface area contributed by atoms with E-state index in [1.165, 1.54) is 26.2 Å². The summed E-state index contributed by atoms with van der Waals surface area (Å²) in [6.07, 6.45) is 9.43. The molecule has 0 aromatic carbocycles. The quantitative estimate of drug-likeness (QED) is 0.808. The van der Waals surface area contributed by atoms with Gasteiger partial charge in [-0.1, -0.05) is 0 Å². The molecule has 5 fully saturated rings. The molecule has 4 bridgehead atoms. The standard InChI is InChI=1S/C16H28N2/c1-12-10-17-2-3-18(12)11-16-7-13-4-14(8-16)6-15(5-13)9-16/h12-15,17H,2-11H2,1H3/t12-,13?,14?,15?,16?/m1/s1. The molecule has 1 atom stereocenters. The molecule has 0 spiro atoms. The summed E-state index contributed by atoms with van der Waals surface area (Å²) in [5, 5.41) is 3.53. The lowest BCUT2D eigenvalue weighted by Gasteiger charge is -2.58. The van der Waals surface area contributed by atoms with E-state index in [9.17, 15) is 0 Å². The molecule has 1 N–H and O–H groups in total. The molecule has 1 aliphatic heterocycles. The molecule has 0 aromatic heterocycles. The van der Waals surface area contributed by atoms with Gasteiger partial charge in [-0.05, 0) is 68.6 Å². The second-order valence-electron chi connectivity index (χ2n) is 7.94. The van der Waals surface area contributed by atoms with Crippen molar-refractivity contribution in [3.63, 3.8) is 0 Å². The summed E-state index contributed by atoms with van der Waals surface area (Å²) in [6.45, 7) is 7.51. The second kappa shape index (κ2) is 4.21. The second-order valence-corrected chi connectivity index (χ2v) is 7.94. The third-order valence-electron chi connectivity index (χ3n) is 6.34. The highest BCUT2D eigenvalue weighted by Crippen LogP contribution is 2.60. The summed E-state index contributed by atoms with van der Waals surface area (Å²) in [4.78, 5) is 2.80. The van der Waals surface area contributed by atoms with Gasteiger partial charge in [0.2, 0.25) is 0 Å². The number of nitrogens with one attached hydrogen (secondary N) is 1. The molecule has 0 amide bonds. The Balaban J connectivity index is 1.50. The van der Waals surface area contributed by atoms with Gasteiger partial charge in [-0.2, -0.15) is 0 Å². The van der Waals surface area contributed by atoms with Gasteiger partial charge in [0, 0.05) is 32.2 Å². The fraction of sp³-hybridized carbons (Fsp3) is 1.00. The van der Waals surface area contributed by atoms with Crippen molar-refractivity contribution in [3.8, 4) is 0 Å². The van der Waals surface area contributed by atoms with Crippen LogP contribution in [-0.2, 0) is 0 Å². The molecule has 102 valence electrons. The Hall–Kier alpha value is -0.0800. The van der Waals surface area contributed by atoms with E-state index in [-0.39, 0.29) is 0 Å². The first-order valence-corrected chi connectivity index (χ1v) is 8.17. The molecule has 18 heavy (non-hydrogen) atoms. The van der Waals surface area contributed by atoms with Crippen molar-refractivity contribution < 1.29 is 0 Å². The minimum atomic E-state index is 0.736. The van der Waals surface area contributed by atoms with Crippen molar-refractivity contribution >= 4 is 0 Å². The molecule has 2 heteroatoms. The van der Waals surface area contributed by atoms with Crippen LogP contribution in [0.5, 0.6) is 0 Å². The summed E-state index contributed by atoms with van der Waals surface area (Å²) in [5.74, 6) is 3.32. The minimum Gasteiger partial charge on any atom is -0.314 e. The summed E-state index contributed by atoms with van der Waals surface area (Å²) in [7, 11) is 0. The highest BCUT2D eigenvalue weighted by molar-refractivity contribution is 5.03. The predicted molar refractivity (Wildman–Crippen MR) is 74.5 cm³/mol. The van der Waals surface area contributed by atoms with Gasteiger partial charge in [-0.25, -0.2) is 0 Å². The number of hydrogen-bond donors (Lipinski definition) is 1. The van der Waals surface area contributed by atoms with E-state index in [2.05, 4.69) is 17.1 Å². The Bertz CT molecular complexity index is 290. The number of rotatable bonds is 2. The zero-order chi connectivity index (χ0) is 12.2. The maximum absolute atomic E-state index is 3.53. The van der Waals surface area contributed by atoms with Crippen LogP contribution in [0, 0.1) is 23.2 Å². The van der Waals surface area contributed by atoms with Crippen molar-refractivity contribution in [2.45, 2.75) is 51.5 Å². The lowest BCUT2D eigenvalue weighted by Crippen LogP contribution is -2.57. The average Bonchev–Trinajstić information content (AvgIpc) is 2.30. The maximum atomic E-state index is 3.53. The SMILES string of the molecule is C[C@@H]1CNCCN1CC12CC3CC(CC(C3)C1)C2. The van der Waals surface area contributed by atoms with Gasteiger partial charge in [0.25, 0.3) is 0 Å². The van der Waals surface area contributed by atoms with Gasteiger partial charge in [0.15, 0.2) is 0 Å². The molecule has 2 nitrogen and oxygen atoms in total. The van der Waals surface area contributed by atoms with Crippen LogP contribution in [0.15, 0.2) is 0 Å². The van der Waals surface area contributed by atoms with E-state index in [1.807, 2.05) is 0 Å². The largest absolute Gasteiger partial charge is 0.314 e. The van der Waals surface area contributed by atoms with Crippen LogP contribution in [0.2, 0.25) is 0 Å². The molecule has 4 aliphatic carbocycles. The van der Waals surface area contributed by atoms with Crippen molar-refractivity contribution in [1.82, 2.24) is 10.2 Å². The first-order valence-electron chi connectivity index (χ1n) is 8.17. The topological polar surface area (TPSA) is 15.3 Å². The minimum absolute atomic E-state index is 0.736. The first kappa shape index (κ1) is 11.7. The van der Waals surface area contributed by atoms with Gasteiger partial charge in [0.05, 0.1) is 0 Å². The number of piperazine rings is 1. The number of hydrogen-bond acceptors (Lipinski definition) is 2. The molecule has 1 saturated heterocycles. The third-order valence-corrected chi connectivity index (χ3v) is 6.34. The molecule has 4 saturated carbocycles. The Morgan fingerprint density at radius 3 is 2.22 bits per heavy atom. The molecule has 5 aliphatic rings. The van der Waals surface area contributed by atoms with Crippen molar-refractivity contribution in [2.75, 3.05) is 26.2 Å². The van der Waals surface area contributed by atoms with Crippen LogP contribution in [0.3, 0.4) is 0 Å². The molecule has 0 unspecified atom stereocenters. The zero-order valence-corrected chi connectivity index (χ0v) is 11.8. The highest BCUT2D eigenvalue weighted by Gasteiger charge is 2.51. The van der Waals surface area contributed by atoms with E-state index in [1.54, 1.807) is 38.5 Å². The van der Waals surface area contributed by atoms with E-state index >= 15 is 0 Å². The van der Waals surface area contributed by atoms with E-state index in [0.717, 1.165) is 29.2 Å². The Kier molecular flexibility index (Phi) is 2.74. The number of nitrogens with zero attached hydrogens (tertiary/aromatic N) is 1. The molecular weight excluding hydrogens is 220 g/mol. The van der Waals surface area contributed by atoms with E-state index in [0.29, 0.717) is 0 Å². The summed E-state index contributed by atoms with van der Waals surface area (Å²) < 4.78 is 0. The Morgan fingerprint density at radius 1 is 1.06 bits per heavy atom. The van der Waals surface area contributed by atoms with Gasteiger partial charge in [0.1, 0.15) is 0 Å². The Morgan fingerprint density at radius 2 is 1.67 bits per heavy atom. The van der Waals surface area contributed by atoms with Crippen LogP contribution in [0.4, 0.5) is 0 Å². The van der Waals surface area contributed by atoms with Crippen LogP contribution in [-0.4, -0.2) is 37.1 Å². The van der Waals surface area contributed by atoms with Crippen molar-refractivity contribution in [1.29, 1.82) is 0 Å². The lowest BCUT2D eigenvalue weighted by atomic mass is 9.49. The molecule has 0 aromatic rings. The molecule has 0 radical (unpaired) electrons. The molecular formula is C16H28N2. The Labute approximate surface area is 111 Å². The van der Waals surface area contributed by atoms with Crippen LogP contribution < -0.4 is 5.32 Å². The van der Waals surface area contributed by atoms with E-state index in [4.69, 9.17) is 0 Å².